The van der Waals surface area contributed by atoms with Crippen LogP contribution in [0.2, 0.25) is 5.02 Å². The molecule has 0 radical (unpaired) electrons. The Morgan fingerprint density at radius 3 is 2.71 bits per heavy atom. The van der Waals surface area contributed by atoms with Gasteiger partial charge in [0.05, 0.1) is 5.69 Å². The van der Waals surface area contributed by atoms with Crippen LogP contribution in [-0.4, -0.2) is 21.3 Å². The van der Waals surface area contributed by atoms with Gasteiger partial charge in [0, 0.05) is 16.1 Å². The topological polar surface area (TPSA) is 66.0 Å². The lowest BCUT2D eigenvalue weighted by Crippen LogP contribution is -1.95. The first-order valence-corrected chi connectivity index (χ1v) is 5.11. The normalized spacial score (nSPS) is 10.5. The van der Waals surface area contributed by atoms with Gasteiger partial charge in [-0.3, -0.25) is 5.10 Å². The Morgan fingerprint density at radius 1 is 1.47 bits per heavy atom. The van der Waals surface area contributed by atoms with E-state index >= 15 is 0 Å². The van der Waals surface area contributed by atoms with Crippen molar-refractivity contribution in [1.82, 2.24) is 10.2 Å². The highest BCUT2D eigenvalue weighted by molar-refractivity contribution is 6.31. The minimum absolute atomic E-state index is 0.0582. The van der Waals surface area contributed by atoms with Gasteiger partial charge in [0.25, 0.3) is 0 Å². The summed E-state index contributed by atoms with van der Waals surface area (Å²) < 4.78 is 13.5. The van der Waals surface area contributed by atoms with Crippen molar-refractivity contribution in [3.05, 3.63) is 40.3 Å². The van der Waals surface area contributed by atoms with Crippen LogP contribution in [0.5, 0.6) is 0 Å². The number of aromatic carboxylic acids is 1. The third-order valence-electron chi connectivity index (χ3n) is 2.38. The molecular formula is C11H8ClFN2O2. The zero-order chi connectivity index (χ0) is 12.6. The molecule has 0 unspecified atom stereocenters. The molecule has 2 aromatic rings. The van der Waals surface area contributed by atoms with E-state index < -0.39 is 11.8 Å². The summed E-state index contributed by atoms with van der Waals surface area (Å²) in [7, 11) is 0. The molecular weight excluding hydrogens is 247 g/mol. The second-order valence-corrected chi connectivity index (χ2v) is 3.94. The minimum atomic E-state index is -1.12. The molecule has 6 heteroatoms. The number of carboxylic acids is 1. The minimum Gasteiger partial charge on any atom is -0.477 e. The van der Waals surface area contributed by atoms with Crippen molar-refractivity contribution < 1.29 is 14.3 Å². The van der Waals surface area contributed by atoms with Gasteiger partial charge in [-0.05, 0) is 25.1 Å². The Balaban J connectivity index is 2.49. The molecule has 0 bridgehead atoms. The third kappa shape index (κ3) is 2.14. The molecule has 0 atom stereocenters. The number of carboxylic acid groups (broad SMARTS) is 1. The summed E-state index contributed by atoms with van der Waals surface area (Å²) in [5, 5.41) is 15.1. The highest BCUT2D eigenvalue weighted by Crippen LogP contribution is 2.26. The van der Waals surface area contributed by atoms with Gasteiger partial charge in [-0.2, -0.15) is 5.10 Å². The maximum atomic E-state index is 13.5. The summed E-state index contributed by atoms with van der Waals surface area (Å²) in [6, 6.07) is 4.13. The highest BCUT2D eigenvalue weighted by atomic mass is 35.5. The molecule has 2 N–H and O–H groups in total. The van der Waals surface area contributed by atoms with Gasteiger partial charge in [0.2, 0.25) is 0 Å². The van der Waals surface area contributed by atoms with E-state index in [2.05, 4.69) is 10.2 Å². The number of aromatic amines is 1. The number of nitrogens with zero attached hydrogens (tertiary/aromatic N) is 1. The molecule has 1 aromatic heterocycles. The SMILES string of the molecule is Cc1c(F)cc(-c2cc(C(=O)O)[nH]n2)cc1Cl. The average molecular weight is 255 g/mol. The Kier molecular flexibility index (Phi) is 2.85. The molecule has 0 fully saturated rings. The van der Waals surface area contributed by atoms with Crippen LogP contribution in [0.1, 0.15) is 16.1 Å². The number of carbonyl (C=O) groups is 1. The summed E-state index contributed by atoms with van der Waals surface area (Å²) in [6.45, 7) is 1.56. The monoisotopic (exact) mass is 254 g/mol. The second kappa shape index (κ2) is 4.18. The number of aromatic nitrogens is 2. The molecule has 0 saturated heterocycles. The van der Waals surface area contributed by atoms with Crippen molar-refractivity contribution in [3.8, 4) is 11.3 Å². The molecule has 17 heavy (non-hydrogen) atoms. The summed E-state index contributed by atoms with van der Waals surface area (Å²) in [5.41, 5.74) is 1.06. The van der Waals surface area contributed by atoms with E-state index in [-0.39, 0.29) is 10.7 Å². The van der Waals surface area contributed by atoms with Crippen molar-refractivity contribution >= 4 is 17.6 Å². The molecule has 1 aromatic carbocycles. The Bertz CT molecular complexity index is 572. The molecule has 0 spiro atoms. The molecule has 0 aliphatic carbocycles. The predicted octanol–water partition coefficient (Wildman–Crippen LogP) is 2.88. The van der Waals surface area contributed by atoms with E-state index in [0.717, 1.165) is 0 Å². The van der Waals surface area contributed by atoms with Crippen molar-refractivity contribution in [1.29, 1.82) is 0 Å². The number of hydrogen-bond donors (Lipinski definition) is 2. The fraction of sp³-hybridized carbons (Fsp3) is 0.0909. The molecule has 0 saturated carbocycles. The molecule has 0 aliphatic rings. The van der Waals surface area contributed by atoms with Crippen LogP contribution < -0.4 is 0 Å². The van der Waals surface area contributed by atoms with Crippen molar-refractivity contribution in [2.45, 2.75) is 6.92 Å². The lowest BCUT2D eigenvalue weighted by Gasteiger charge is -2.02. The van der Waals surface area contributed by atoms with Crippen LogP contribution in [0.3, 0.4) is 0 Å². The number of H-pyrrole nitrogens is 1. The number of rotatable bonds is 2. The van der Waals surface area contributed by atoms with E-state index in [4.69, 9.17) is 16.7 Å². The Labute approximate surface area is 101 Å². The maximum absolute atomic E-state index is 13.5. The van der Waals surface area contributed by atoms with Gasteiger partial charge in [0.1, 0.15) is 11.5 Å². The first-order valence-electron chi connectivity index (χ1n) is 4.73. The largest absolute Gasteiger partial charge is 0.477 e. The fourth-order valence-electron chi connectivity index (χ4n) is 1.37. The quantitative estimate of drug-likeness (QED) is 0.866. The number of halogens is 2. The van der Waals surface area contributed by atoms with Crippen molar-refractivity contribution in [2.24, 2.45) is 0 Å². The molecule has 1 heterocycles. The van der Waals surface area contributed by atoms with E-state index in [1.54, 1.807) is 13.0 Å². The van der Waals surface area contributed by atoms with Gasteiger partial charge in [-0.15, -0.1) is 0 Å². The zero-order valence-electron chi connectivity index (χ0n) is 8.79. The van der Waals surface area contributed by atoms with Crippen LogP contribution in [0.25, 0.3) is 11.3 Å². The predicted molar refractivity (Wildman–Crippen MR) is 60.7 cm³/mol. The van der Waals surface area contributed by atoms with Gasteiger partial charge in [0.15, 0.2) is 0 Å². The first kappa shape index (κ1) is 11.6. The van der Waals surface area contributed by atoms with Gasteiger partial charge >= 0.3 is 5.97 Å². The summed E-state index contributed by atoms with van der Waals surface area (Å²) in [4.78, 5) is 10.7. The molecule has 0 amide bonds. The summed E-state index contributed by atoms with van der Waals surface area (Å²) in [5.74, 6) is -1.57. The molecule has 88 valence electrons. The van der Waals surface area contributed by atoms with Gasteiger partial charge in [-0.1, -0.05) is 11.6 Å². The molecule has 2 rings (SSSR count). The lowest BCUT2D eigenvalue weighted by molar-refractivity contribution is 0.0690. The maximum Gasteiger partial charge on any atom is 0.353 e. The summed E-state index contributed by atoms with van der Waals surface area (Å²) >= 11 is 5.84. The van der Waals surface area contributed by atoms with Crippen LogP contribution in [-0.2, 0) is 0 Å². The number of benzene rings is 1. The highest BCUT2D eigenvalue weighted by Gasteiger charge is 2.12. The van der Waals surface area contributed by atoms with Crippen LogP contribution in [0.15, 0.2) is 18.2 Å². The first-order chi connectivity index (χ1) is 7.99. The Morgan fingerprint density at radius 2 is 2.18 bits per heavy atom. The second-order valence-electron chi connectivity index (χ2n) is 3.54. The lowest BCUT2D eigenvalue weighted by atomic mass is 10.1. The summed E-state index contributed by atoms with van der Waals surface area (Å²) in [6.07, 6.45) is 0. The van der Waals surface area contributed by atoms with E-state index in [0.29, 0.717) is 16.8 Å². The van der Waals surface area contributed by atoms with Crippen molar-refractivity contribution in [2.75, 3.05) is 0 Å². The van der Waals surface area contributed by atoms with Gasteiger partial charge in [-0.25, -0.2) is 9.18 Å². The zero-order valence-corrected chi connectivity index (χ0v) is 9.55. The van der Waals surface area contributed by atoms with Gasteiger partial charge < -0.3 is 5.11 Å². The van der Waals surface area contributed by atoms with Crippen LogP contribution >= 0.6 is 11.6 Å². The number of nitrogens with one attached hydrogen (secondary N) is 1. The van der Waals surface area contributed by atoms with Crippen molar-refractivity contribution in [3.63, 3.8) is 0 Å². The average Bonchev–Trinajstić information content (AvgIpc) is 2.74. The van der Waals surface area contributed by atoms with Crippen LogP contribution in [0, 0.1) is 12.7 Å². The molecule has 4 nitrogen and oxygen atoms in total. The number of hydrogen-bond acceptors (Lipinski definition) is 2. The standard InChI is InChI=1S/C11H8ClFN2O2/c1-5-7(12)2-6(3-8(5)13)9-4-10(11(16)17)15-14-9/h2-4H,1H3,(H,14,15)(H,16,17). The van der Waals surface area contributed by atoms with E-state index in [1.807, 2.05) is 0 Å². The van der Waals surface area contributed by atoms with E-state index in [9.17, 15) is 9.18 Å². The Hall–Kier alpha value is -1.88. The molecule has 0 aliphatic heterocycles. The van der Waals surface area contributed by atoms with Crippen LogP contribution in [0.4, 0.5) is 4.39 Å². The smallest absolute Gasteiger partial charge is 0.353 e. The third-order valence-corrected chi connectivity index (χ3v) is 2.78. The van der Waals surface area contributed by atoms with E-state index in [1.165, 1.54) is 12.1 Å². The fourth-order valence-corrected chi connectivity index (χ4v) is 1.58.